The van der Waals surface area contributed by atoms with Gasteiger partial charge in [0.05, 0.1) is 19.2 Å². The Hall–Kier alpha value is -2.01. The molecule has 2 aromatic rings. The lowest BCUT2D eigenvalue weighted by atomic mass is 10.1. The lowest BCUT2D eigenvalue weighted by molar-refractivity contribution is 0.0693. The number of carbonyl (C=O) groups excluding carboxylic acids is 1. The van der Waals surface area contributed by atoms with Crippen molar-refractivity contribution in [2.45, 2.75) is 26.4 Å². The Balaban J connectivity index is 2.26. The van der Waals surface area contributed by atoms with E-state index in [1.165, 1.54) is 0 Å². The van der Waals surface area contributed by atoms with Gasteiger partial charge in [-0.2, -0.15) is 0 Å². The summed E-state index contributed by atoms with van der Waals surface area (Å²) in [5, 5.41) is 2.01. The maximum absolute atomic E-state index is 12.7. The average molecular weight is 304 g/mol. The van der Waals surface area contributed by atoms with E-state index in [-0.39, 0.29) is 11.9 Å². The highest BCUT2D eigenvalue weighted by atomic mass is 32.1. The Morgan fingerprint density at radius 2 is 2.14 bits per heavy atom. The van der Waals surface area contributed by atoms with Crippen LogP contribution in [0.15, 0.2) is 35.7 Å². The minimum Gasteiger partial charge on any atom is -0.497 e. The number of hydrogen-bond donors (Lipinski definition) is 1. The molecule has 1 amide bonds. The van der Waals surface area contributed by atoms with Gasteiger partial charge in [-0.05, 0) is 37.4 Å². The minimum atomic E-state index is -0.0569. The van der Waals surface area contributed by atoms with Crippen LogP contribution in [-0.2, 0) is 6.54 Å². The predicted molar refractivity (Wildman–Crippen MR) is 86.7 cm³/mol. The molecule has 0 fully saturated rings. The molecule has 0 spiro atoms. The van der Waals surface area contributed by atoms with E-state index in [1.54, 1.807) is 36.6 Å². The smallest absolute Gasteiger partial charge is 0.256 e. The maximum Gasteiger partial charge on any atom is 0.256 e. The van der Waals surface area contributed by atoms with Crippen LogP contribution in [0.2, 0.25) is 0 Å². The fourth-order valence-corrected chi connectivity index (χ4v) is 2.78. The number of thiophene rings is 1. The molecule has 1 heterocycles. The number of hydrogen-bond acceptors (Lipinski definition) is 4. The van der Waals surface area contributed by atoms with Crippen molar-refractivity contribution in [2.24, 2.45) is 0 Å². The monoisotopic (exact) mass is 304 g/mol. The summed E-state index contributed by atoms with van der Waals surface area (Å²) >= 11 is 1.65. The van der Waals surface area contributed by atoms with Gasteiger partial charge in [-0.3, -0.25) is 4.79 Å². The van der Waals surface area contributed by atoms with Crippen molar-refractivity contribution in [3.8, 4) is 5.75 Å². The van der Waals surface area contributed by atoms with Gasteiger partial charge >= 0.3 is 0 Å². The molecule has 1 aromatic heterocycles. The van der Waals surface area contributed by atoms with Gasteiger partial charge in [0, 0.05) is 22.7 Å². The third-order valence-corrected chi connectivity index (χ3v) is 4.14. The summed E-state index contributed by atoms with van der Waals surface area (Å²) in [7, 11) is 1.58. The van der Waals surface area contributed by atoms with Gasteiger partial charge in [0.15, 0.2) is 0 Å². The van der Waals surface area contributed by atoms with E-state index in [0.29, 0.717) is 23.5 Å². The third-order valence-electron chi connectivity index (χ3n) is 3.28. The molecule has 0 unspecified atom stereocenters. The lowest BCUT2D eigenvalue weighted by Crippen LogP contribution is -2.36. The van der Waals surface area contributed by atoms with Crippen LogP contribution in [0, 0.1) is 0 Å². The molecule has 0 atom stereocenters. The molecule has 0 aliphatic rings. The highest BCUT2D eigenvalue weighted by molar-refractivity contribution is 7.09. The number of anilines is 1. The van der Waals surface area contributed by atoms with Gasteiger partial charge in [0.1, 0.15) is 5.75 Å². The fourth-order valence-electron chi connectivity index (χ4n) is 2.08. The molecule has 21 heavy (non-hydrogen) atoms. The summed E-state index contributed by atoms with van der Waals surface area (Å²) in [6.07, 6.45) is 0. The first-order valence-corrected chi connectivity index (χ1v) is 7.67. The van der Waals surface area contributed by atoms with Crippen LogP contribution in [0.1, 0.15) is 29.1 Å². The molecule has 0 saturated heterocycles. The van der Waals surface area contributed by atoms with Gasteiger partial charge < -0.3 is 15.4 Å². The molecule has 0 radical (unpaired) electrons. The summed E-state index contributed by atoms with van der Waals surface area (Å²) in [5.41, 5.74) is 6.94. The van der Waals surface area contributed by atoms with Crippen LogP contribution in [0.3, 0.4) is 0 Å². The van der Waals surface area contributed by atoms with Gasteiger partial charge in [0.2, 0.25) is 0 Å². The topological polar surface area (TPSA) is 55.6 Å². The van der Waals surface area contributed by atoms with E-state index in [1.807, 2.05) is 36.3 Å². The van der Waals surface area contributed by atoms with Crippen LogP contribution in [0.5, 0.6) is 5.75 Å². The number of amides is 1. The van der Waals surface area contributed by atoms with Gasteiger partial charge in [0.25, 0.3) is 5.91 Å². The van der Waals surface area contributed by atoms with E-state index in [4.69, 9.17) is 10.5 Å². The van der Waals surface area contributed by atoms with Crippen molar-refractivity contribution >= 4 is 22.9 Å². The highest BCUT2D eigenvalue weighted by Crippen LogP contribution is 2.23. The molecule has 5 heteroatoms. The first-order valence-electron chi connectivity index (χ1n) is 6.79. The van der Waals surface area contributed by atoms with Crippen molar-refractivity contribution in [2.75, 3.05) is 12.8 Å². The Labute approximate surface area is 129 Å². The Kier molecular flexibility index (Phi) is 4.85. The second-order valence-corrected chi connectivity index (χ2v) is 6.09. The van der Waals surface area contributed by atoms with E-state index in [2.05, 4.69) is 0 Å². The number of methoxy groups -OCH3 is 1. The van der Waals surface area contributed by atoms with Crippen molar-refractivity contribution in [1.29, 1.82) is 0 Å². The summed E-state index contributed by atoms with van der Waals surface area (Å²) in [4.78, 5) is 15.7. The van der Waals surface area contributed by atoms with Crippen LogP contribution in [0.4, 0.5) is 5.69 Å². The van der Waals surface area contributed by atoms with Gasteiger partial charge in [-0.15, -0.1) is 11.3 Å². The van der Waals surface area contributed by atoms with Gasteiger partial charge in [-0.25, -0.2) is 0 Å². The minimum absolute atomic E-state index is 0.0569. The molecule has 0 bridgehead atoms. The molecule has 0 aliphatic heterocycles. The number of nitrogens with two attached hydrogens (primary N) is 1. The van der Waals surface area contributed by atoms with E-state index >= 15 is 0 Å². The molecular formula is C16H20N2O2S. The zero-order chi connectivity index (χ0) is 15.4. The van der Waals surface area contributed by atoms with Crippen molar-refractivity contribution in [1.82, 2.24) is 4.90 Å². The molecular weight excluding hydrogens is 284 g/mol. The molecule has 1 aromatic carbocycles. The van der Waals surface area contributed by atoms with Gasteiger partial charge in [-0.1, -0.05) is 6.07 Å². The summed E-state index contributed by atoms with van der Waals surface area (Å²) in [6.45, 7) is 4.61. The first kappa shape index (κ1) is 15.4. The van der Waals surface area contributed by atoms with E-state index in [9.17, 15) is 4.79 Å². The number of carbonyl (C=O) groups is 1. The SMILES string of the molecule is COc1ccc(C(=O)N(Cc2cccs2)C(C)C)c(N)c1. The second-order valence-electron chi connectivity index (χ2n) is 5.06. The summed E-state index contributed by atoms with van der Waals surface area (Å²) in [6, 6.07) is 9.28. The molecule has 0 aliphatic carbocycles. The molecule has 0 saturated carbocycles. The van der Waals surface area contributed by atoms with Crippen LogP contribution in [-0.4, -0.2) is 24.0 Å². The quantitative estimate of drug-likeness (QED) is 0.861. The Bertz CT molecular complexity index is 609. The number of rotatable bonds is 5. The molecule has 2 N–H and O–H groups in total. The van der Waals surface area contributed by atoms with E-state index < -0.39 is 0 Å². The van der Waals surface area contributed by atoms with Crippen molar-refractivity contribution in [3.63, 3.8) is 0 Å². The zero-order valence-corrected chi connectivity index (χ0v) is 13.3. The molecule has 4 nitrogen and oxygen atoms in total. The molecule has 2 rings (SSSR count). The first-order chi connectivity index (χ1) is 10.0. The van der Waals surface area contributed by atoms with Crippen molar-refractivity contribution in [3.05, 3.63) is 46.2 Å². The lowest BCUT2D eigenvalue weighted by Gasteiger charge is -2.27. The van der Waals surface area contributed by atoms with E-state index in [0.717, 1.165) is 4.88 Å². The van der Waals surface area contributed by atoms with Crippen LogP contribution >= 0.6 is 11.3 Å². The number of nitrogen functional groups attached to an aromatic ring is 1. The number of benzene rings is 1. The van der Waals surface area contributed by atoms with Crippen LogP contribution in [0.25, 0.3) is 0 Å². The third kappa shape index (κ3) is 3.55. The largest absolute Gasteiger partial charge is 0.497 e. The summed E-state index contributed by atoms with van der Waals surface area (Å²) in [5.74, 6) is 0.594. The standard InChI is InChI=1S/C16H20N2O2S/c1-11(2)18(10-13-5-4-8-21-13)16(19)14-7-6-12(20-3)9-15(14)17/h4-9,11H,10,17H2,1-3H3. The number of nitrogens with zero attached hydrogens (tertiary/aromatic N) is 1. The predicted octanol–water partition coefficient (Wildman–Crippen LogP) is 3.39. The fraction of sp³-hybridized carbons (Fsp3) is 0.312. The second kappa shape index (κ2) is 6.63. The maximum atomic E-state index is 12.7. The summed E-state index contributed by atoms with van der Waals surface area (Å²) < 4.78 is 5.12. The normalized spacial score (nSPS) is 10.7. The Morgan fingerprint density at radius 1 is 1.38 bits per heavy atom. The zero-order valence-electron chi connectivity index (χ0n) is 12.5. The van der Waals surface area contributed by atoms with Crippen LogP contribution < -0.4 is 10.5 Å². The van der Waals surface area contributed by atoms with Crippen molar-refractivity contribution < 1.29 is 9.53 Å². The highest BCUT2D eigenvalue weighted by Gasteiger charge is 2.21. The molecule has 112 valence electrons. The Morgan fingerprint density at radius 3 is 2.67 bits per heavy atom. The average Bonchev–Trinajstić information content (AvgIpc) is 2.96. The number of ether oxygens (including phenoxy) is 1.